The maximum atomic E-state index is 12.0. The maximum Gasteiger partial charge on any atom is 0.242 e. The van der Waals surface area contributed by atoms with Crippen molar-refractivity contribution in [1.82, 2.24) is 15.3 Å². The van der Waals surface area contributed by atoms with E-state index in [2.05, 4.69) is 20.6 Å². The van der Waals surface area contributed by atoms with Gasteiger partial charge in [0.15, 0.2) is 0 Å². The van der Waals surface area contributed by atoms with E-state index < -0.39 is 6.04 Å². The Hall–Kier alpha value is -2.17. The highest BCUT2D eigenvalue weighted by atomic mass is 16.2. The second-order valence-electron chi connectivity index (χ2n) is 5.86. The lowest BCUT2D eigenvalue weighted by Gasteiger charge is -2.23. The molecule has 0 radical (unpaired) electrons. The fourth-order valence-corrected chi connectivity index (χ4v) is 1.78. The first-order chi connectivity index (χ1) is 9.35. The van der Waals surface area contributed by atoms with E-state index >= 15 is 0 Å². The zero-order valence-electron chi connectivity index (χ0n) is 12.3. The van der Waals surface area contributed by atoms with E-state index in [-0.39, 0.29) is 11.4 Å². The molecule has 2 N–H and O–H groups in total. The minimum Gasteiger partial charge on any atom is -0.350 e. The Bertz CT molecular complexity index is 619. The third-order valence-corrected chi connectivity index (χ3v) is 2.73. The number of nitrogens with zero attached hydrogens (tertiary/aromatic N) is 2. The molecular weight excluding hydrogens is 252 g/mol. The predicted molar refractivity (Wildman–Crippen MR) is 80.5 cm³/mol. The van der Waals surface area contributed by atoms with Gasteiger partial charge in [-0.05, 0) is 33.8 Å². The number of hydrogen-bond acceptors (Lipinski definition) is 4. The minimum absolute atomic E-state index is 0.0748. The van der Waals surface area contributed by atoms with Gasteiger partial charge in [0.25, 0.3) is 0 Å². The number of carbonyl (C=O) groups excluding carboxylic acids is 1. The van der Waals surface area contributed by atoms with E-state index in [0.717, 1.165) is 10.9 Å². The van der Waals surface area contributed by atoms with Crippen LogP contribution in [-0.2, 0) is 4.79 Å². The van der Waals surface area contributed by atoms with Crippen LogP contribution in [0.3, 0.4) is 0 Å². The van der Waals surface area contributed by atoms with Crippen LogP contribution in [0.1, 0.15) is 27.7 Å². The van der Waals surface area contributed by atoms with Gasteiger partial charge in [-0.15, -0.1) is 0 Å². The molecule has 2 rings (SSSR count). The fourth-order valence-electron chi connectivity index (χ4n) is 1.78. The largest absolute Gasteiger partial charge is 0.350 e. The summed E-state index contributed by atoms with van der Waals surface area (Å²) in [4.78, 5) is 20.6. The molecule has 0 aliphatic carbocycles. The second-order valence-corrected chi connectivity index (χ2v) is 5.86. The number of carbonyl (C=O) groups is 1. The van der Waals surface area contributed by atoms with E-state index in [1.165, 1.54) is 0 Å². The number of fused-ring (bicyclic) bond motifs is 1. The zero-order chi connectivity index (χ0) is 14.8. The molecule has 0 saturated heterocycles. The summed E-state index contributed by atoms with van der Waals surface area (Å²) in [7, 11) is 0. The summed E-state index contributed by atoms with van der Waals surface area (Å²) in [5.74, 6) is 0.384. The van der Waals surface area contributed by atoms with Crippen molar-refractivity contribution in [3.8, 4) is 0 Å². The van der Waals surface area contributed by atoms with Gasteiger partial charge >= 0.3 is 0 Å². The monoisotopic (exact) mass is 272 g/mol. The van der Waals surface area contributed by atoms with Crippen LogP contribution in [-0.4, -0.2) is 27.5 Å². The van der Waals surface area contributed by atoms with Crippen LogP contribution in [0, 0.1) is 0 Å². The minimum atomic E-state index is -0.393. The summed E-state index contributed by atoms with van der Waals surface area (Å²) < 4.78 is 0. The van der Waals surface area contributed by atoms with Crippen molar-refractivity contribution in [3.05, 3.63) is 30.5 Å². The Morgan fingerprint density at radius 1 is 1.25 bits per heavy atom. The molecule has 0 fully saturated rings. The lowest BCUT2D eigenvalue weighted by atomic mass is 10.1. The second kappa shape index (κ2) is 5.45. The molecule has 2 aromatic rings. The van der Waals surface area contributed by atoms with Gasteiger partial charge in [0.1, 0.15) is 6.04 Å². The lowest BCUT2D eigenvalue weighted by Crippen LogP contribution is -2.47. The molecule has 1 heterocycles. The molecule has 1 atom stereocenters. The first-order valence-electron chi connectivity index (χ1n) is 6.65. The number of anilines is 1. The summed E-state index contributed by atoms with van der Waals surface area (Å²) in [5.41, 5.74) is 0.602. The van der Waals surface area contributed by atoms with Gasteiger partial charge in [0.05, 0.1) is 5.52 Å². The summed E-state index contributed by atoms with van der Waals surface area (Å²) in [5, 5.41) is 6.92. The topological polar surface area (TPSA) is 66.9 Å². The highest BCUT2D eigenvalue weighted by Gasteiger charge is 2.19. The van der Waals surface area contributed by atoms with Crippen LogP contribution < -0.4 is 10.6 Å². The average molecular weight is 272 g/mol. The Labute approximate surface area is 118 Å². The van der Waals surface area contributed by atoms with Crippen molar-refractivity contribution in [2.45, 2.75) is 39.3 Å². The summed E-state index contributed by atoms with van der Waals surface area (Å²) in [6, 6.07) is 7.35. The standard InChI is InChI=1S/C15H20N4O/c1-10(13(20)19-15(2,3)4)17-14-16-9-11-7-5-6-8-12(11)18-14/h5-10H,1-4H3,(H,19,20)(H,16,17,18). The molecule has 0 saturated carbocycles. The third-order valence-electron chi connectivity index (χ3n) is 2.73. The quantitative estimate of drug-likeness (QED) is 0.900. The van der Waals surface area contributed by atoms with E-state index in [4.69, 9.17) is 0 Å². The lowest BCUT2D eigenvalue weighted by molar-refractivity contribution is -0.122. The van der Waals surface area contributed by atoms with Gasteiger partial charge in [-0.25, -0.2) is 9.97 Å². The van der Waals surface area contributed by atoms with Gasteiger partial charge in [-0.3, -0.25) is 4.79 Å². The van der Waals surface area contributed by atoms with Crippen LogP contribution >= 0.6 is 0 Å². The average Bonchev–Trinajstić information content (AvgIpc) is 2.36. The van der Waals surface area contributed by atoms with Crippen molar-refractivity contribution in [2.75, 3.05) is 5.32 Å². The van der Waals surface area contributed by atoms with Crippen molar-refractivity contribution in [2.24, 2.45) is 0 Å². The Morgan fingerprint density at radius 2 is 1.95 bits per heavy atom. The van der Waals surface area contributed by atoms with Gasteiger partial charge < -0.3 is 10.6 Å². The van der Waals surface area contributed by atoms with Crippen LogP contribution in [0.4, 0.5) is 5.95 Å². The van der Waals surface area contributed by atoms with Crippen LogP contribution in [0.5, 0.6) is 0 Å². The number of hydrogen-bond donors (Lipinski definition) is 2. The number of para-hydroxylation sites is 1. The maximum absolute atomic E-state index is 12.0. The summed E-state index contributed by atoms with van der Waals surface area (Å²) >= 11 is 0. The molecular formula is C15H20N4O. The number of benzene rings is 1. The molecule has 5 heteroatoms. The Morgan fingerprint density at radius 3 is 2.65 bits per heavy atom. The Balaban J connectivity index is 2.09. The molecule has 1 amide bonds. The first kappa shape index (κ1) is 14.2. The summed E-state index contributed by atoms with van der Waals surface area (Å²) in [6.45, 7) is 7.64. The number of aromatic nitrogens is 2. The van der Waals surface area contributed by atoms with Crippen molar-refractivity contribution >= 4 is 22.8 Å². The van der Waals surface area contributed by atoms with E-state index in [9.17, 15) is 4.79 Å². The third kappa shape index (κ3) is 3.66. The summed E-state index contributed by atoms with van der Waals surface area (Å²) in [6.07, 6.45) is 1.75. The number of amides is 1. The van der Waals surface area contributed by atoms with E-state index in [1.54, 1.807) is 13.1 Å². The Kier molecular flexibility index (Phi) is 3.88. The van der Waals surface area contributed by atoms with Crippen LogP contribution in [0.2, 0.25) is 0 Å². The molecule has 106 valence electrons. The van der Waals surface area contributed by atoms with Crippen LogP contribution in [0.15, 0.2) is 30.5 Å². The molecule has 0 aliphatic rings. The van der Waals surface area contributed by atoms with Gasteiger partial charge in [0.2, 0.25) is 11.9 Å². The van der Waals surface area contributed by atoms with Crippen molar-refractivity contribution < 1.29 is 4.79 Å². The highest BCUT2D eigenvalue weighted by Crippen LogP contribution is 2.12. The zero-order valence-corrected chi connectivity index (χ0v) is 12.3. The number of rotatable bonds is 3. The van der Waals surface area contributed by atoms with Gasteiger partial charge in [0, 0.05) is 17.1 Å². The molecule has 0 bridgehead atoms. The van der Waals surface area contributed by atoms with Gasteiger partial charge in [-0.1, -0.05) is 18.2 Å². The molecule has 5 nitrogen and oxygen atoms in total. The molecule has 20 heavy (non-hydrogen) atoms. The SMILES string of the molecule is CC(Nc1ncc2ccccc2n1)C(=O)NC(C)(C)C. The molecule has 0 spiro atoms. The smallest absolute Gasteiger partial charge is 0.242 e. The first-order valence-corrected chi connectivity index (χ1v) is 6.65. The van der Waals surface area contributed by atoms with Gasteiger partial charge in [-0.2, -0.15) is 0 Å². The normalized spacial score (nSPS) is 13.0. The molecule has 1 aromatic heterocycles. The number of nitrogens with one attached hydrogen (secondary N) is 2. The fraction of sp³-hybridized carbons (Fsp3) is 0.400. The predicted octanol–water partition coefficient (Wildman–Crippen LogP) is 2.34. The molecule has 1 unspecified atom stereocenters. The van der Waals surface area contributed by atoms with Crippen molar-refractivity contribution in [1.29, 1.82) is 0 Å². The van der Waals surface area contributed by atoms with Crippen LogP contribution in [0.25, 0.3) is 10.9 Å². The van der Waals surface area contributed by atoms with E-state index in [1.807, 2.05) is 45.0 Å². The molecule has 0 aliphatic heterocycles. The molecule has 1 aromatic carbocycles. The van der Waals surface area contributed by atoms with Crippen molar-refractivity contribution in [3.63, 3.8) is 0 Å². The van der Waals surface area contributed by atoms with E-state index in [0.29, 0.717) is 5.95 Å². The highest BCUT2D eigenvalue weighted by molar-refractivity contribution is 5.84.